The summed E-state index contributed by atoms with van der Waals surface area (Å²) in [5.74, 6) is -0.502. The minimum Gasteiger partial charge on any atom is -0.508 e. The lowest BCUT2D eigenvalue weighted by Gasteiger charge is -2.05. The first-order chi connectivity index (χ1) is 14.7. The number of hydrogen-bond donors (Lipinski definition) is 2. The second-order valence-electron chi connectivity index (χ2n) is 7.05. The number of benzene rings is 2. The Morgan fingerprint density at radius 1 is 0.903 bits per heavy atom. The minimum absolute atomic E-state index is 0.137. The molecule has 2 aromatic carbocycles. The Morgan fingerprint density at radius 3 is 2.00 bits per heavy atom. The summed E-state index contributed by atoms with van der Waals surface area (Å²) in [4.78, 5) is 21.5. The molecule has 0 radical (unpaired) electrons. The van der Waals surface area contributed by atoms with E-state index in [0.29, 0.717) is 17.9 Å². The molecule has 6 nitrogen and oxygen atoms in total. The van der Waals surface area contributed by atoms with Gasteiger partial charge in [-0.15, -0.1) is 0 Å². The minimum atomic E-state index is -0.924. The number of methoxy groups -OCH3 is 1. The van der Waals surface area contributed by atoms with Gasteiger partial charge >= 0.3 is 11.9 Å². The van der Waals surface area contributed by atoms with Crippen LogP contribution < -0.4 is 4.74 Å². The normalized spacial score (nSPS) is 10.4. The highest BCUT2D eigenvalue weighted by Gasteiger charge is 2.03. The summed E-state index contributed by atoms with van der Waals surface area (Å²) in [6.07, 6.45) is 6.37. The molecule has 0 spiro atoms. The molecule has 0 saturated heterocycles. The van der Waals surface area contributed by atoms with Crippen LogP contribution in [0, 0.1) is 0 Å². The quantitative estimate of drug-likeness (QED) is 0.419. The number of aromatic carboxylic acids is 1. The SMILES string of the molecule is CC(C)=CCC/C(C)=C/COc1ccc(C(=O)O)cc1.COC(=O)c1ccc(O)cc1. The van der Waals surface area contributed by atoms with Gasteiger partial charge in [0.15, 0.2) is 0 Å². The van der Waals surface area contributed by atoms with E-state index in [2.05, 4.69) is 37.7 Å². The van der Waals surface area contributed by atoms with Crippen molar-refractivity contribution in [3.63, 3.8) is 0 Å². The number of rotatable bonds is 8. The Hall–Kier alpha value is -3.54. The number of esters is 1. The Balaban J connectivity index is 0.000000367. The maximum absolute atomic E-state index is 10.8. The summed E-state index contributed by atoms with van der Waals surface area (Å²) < 4.78 is 10.0. The molecule has 31 heavy (non-hydrogen) atoms. The fourth-order valence-electron chi connectivity index (χ4n) is 2.38. The molecule has 0 fully saturated rings. The molecule has 0 heterocycles. The van der Waals surface area contributed by atoms with E-state index in [4.69, 9.17) is 14.9 Å². The van der Waals surface area contributed by atoms with Crippen molar-refractivity contribution in [2.24, 2.45) is 0 Å². The Morgan fingerprint density at radius 2 is 1.48 bits per heavy atom. The summed E-state index contributed by atoms with van der Waals surface area (Å²) in [6, 6.07) is 12.3. The zero-order chi connectivity index (χ0) is 23.2. The van der Waals surface area contributed by atoms with Gasteiger partial charge in [-0.2, -0.15) is 0 Å². The van der Waals surface area contributed by atoms with Crippen LogP contribution in [0.2, 0.25) is 0 Å². The van der Waals surface area contributed by atoms with E-state index in [-0.39, 0.29) is 11.3 Å². The number of aromatic hydroxyl groups is 1. The number of allylic oxidation sites excluding steroid dienone is 3. The zero-order valence-electron chi connectivity index (χ0n) is 18.4. The van der Waals surface area contributed by atoms with Crippen LogP contribution in [-0.2, 0) is 4.74 Å². The molecule has 0 unspecified atom stereocenters. The van der Waals surface area contributed by atoms with Gasteiger partial charge in [-0.1, -0.05) is 17.2 Å². The third-order valence-electron chi connectivity index (χ3n) is 4.16. The van der Waals surface area contributed by atoms with Crippen LogP contribution in [0.1, 0.15) is 54.3 Å². The van der Waals surface area contributed by atoms with E-state index in [1.807, 2.05) is 0 Å². The van der Waals surface area contributed by atoms with Crippen LogP contribution in [0.15, 0.2) is 71.8 Å². The second-order valence-corrected chi connectivity index (χ2v) is 7.05. The number of carbonyl (C=O) groups is 2. The van der Waals surface area contributed by atoms with Crippen molar-refractivity contribution in [3.8, 4) is 11.5 Å². The van der Waals surface area contributed by atoms with Crippen molar-refractivity contribution < 1.29 is 29.3 Å². The standard InChI is InChI=1S/C17H22O3.C8H8O3/c1-13(2)5-4-6-14(3)11-12-20-16-9-7-15(8-10-16)17(18)19;1-11-8(10)6-2-4-7(9)5-3-6/h5,7-11H,4,6,12H2,1-3H3,(H,18,19);2-5,9H,1H3/b14-11+;. The van der Waals surface area contributed by atoms with Gasteiger partial charge in [-0.25, -0.2) is 9.59 Å². The molecular weight excluding hydrogens is 396 g/mol. The van der Waals surface area contributed by atoms with E-state index in [9.17, 15) is 9.59 Å². The van der Waals surface area contributed by atoms with Crippen LogP contribution in [0.4, 0.5) is 0 Å². The predicted molar refractivity (Wildman–Crippen MR) is 121 cm³/mol. The highest BCUT2D eigenvalue weighted by Crippen LogP contribution is 2.13. The average Bonchev–Trinajstić information content (AvgIpc) is 2.74. The molecule has 2 aromatic rings. The molecule has 0 bridgehead atoms. The first-order valence-corrected chi connectivity index (χ1v) is 9.85. The van der Waals surface area contributed by atoms with E-state index >= 15 is 0 Å². The van der Waals surface area contributed by atoms with Crippen LogP contribution in [0.5, 0.6) is 11.5 Å². The largest absolute Gasteiger partial charge is 0.508 e. The Labute approximate surface area is 183 Å². The Kier molecular flexibility index (Phi) is 11.2. The van der Waals surface area contributed by atoms with E-state index in [1.54, 1.807) is 24.3 Å². The van der Waals surface area contributed by atoms with E-state index in [0.717, 1.165) is 12.8 Å². The maximum Gasteiger partial charge on any atom is 0.337 e. The van der Waals surface area contributed by atoms with Crippen molar-refractivity contribution in [1.82, 2.24) is 0 Å². The van der Waals surface area contributed by atoms with Crippen LogP contribution in [0.25, 0.3) is 0 Å². The summed E-state index contributed by atoms with van der Waals surface area (Å²) >= 11 is 0. The van der Waals surface area contributed by atoms with Crippen molar-refractivity contribution in [3.05, 3.63) is 83.0 Å². The van der Waals surface area contributed by atoms with Gasteiger partial charge in [0.2, 0.25) is 0 Å². The fraction of sp³-hybridized carbons (Fsp3) is 0.280. The lowest BCUT2D eigenvalue weighted by atomic mass is 10.1. The summed E-state index contributed by atoms with van der Waals surface area (Å²) in [6.45, 7) is 6.80. The topological polar surface area (TPSA) is 93.1 Å². The third kappa shape index (κ3) is 10.7. The zero-order valence-corrected chi connectivity index (χ0v) is 18.4. The smallest absolute Gasteiger partial charge is 0.337 e. The highest BCUT2D eigenvalue weighted by atomic mass is 16.5. The molecule has 2 rings (SSSR count). The van der Waals surface area contributed by atoms with Crippen molar-refractivity contribution in [1.29, 1.82) is 0 Å². The molecule has 0 saturated carbocycles. The predicted octanol–water partition coefficient (Wildman–Crippen LogP) is 5.64. The number of hydrogen-bond acceptors (Lipinski definition) is 5. The highest BCUT2D eigenvalue weighted by molar-refractivity contribution is 5.89. The summed E-state index contributed by atoms with van der Waals surface area (Å²) in [7, 11) is 1.31. The van der Waals surface area contributed by atoms with Gasteiger partial charge < -0.3 is 19.7 Å². The number of carboxylic acid groups (broad SMARTS) is 1. The number of carbonyl (C=O) groups excluding carboxylic acids is 1. The van der Waals surface area contributed by atoms with Crippen LogP contribution in [-0.4, -0.2) is 35.9 Å². The lowest BCUT2D eigenvalue weighted by molar-refractivity contribution is 0.0599. The monoisotopic (exact) mass is 426 g/mol. The molecule has 6 heteroatoms. The van der Waals surface area contributed by atoms with E-state index < -0.39 is 11.9 Å². The number of phenols is 1. The van der Waals surface area contributed by atoms with Gasteiger partial charge in [-0.3, -0.25) is 0 Å². The molecule has 0 aliphatic rings. The molecule has 166 valence electrons. The number of carboxylic acids is 1. The maximum atomic E-state index is 10.8. The average molecular weight is 427 g/mol. The summed E-state index contributed by atoms with van der Waals surface area (Å²) in [5, 5.41) is 17.6. The second kappa shape index (κ2) is 13.6. The third-order valence-corrected chi connectivity index (χ3v) is 4.16. The Bertz CT molecular complexity index is 889. The van der Waals surface area contributed by atoms with Crippen molar-refractivity contribution in [2.75, 3.05) is 13.7 Å². The first-order valence-electron chi connectivity index (χ1n) is 9.85. The van der Waals surface area contributed by atoms with Gasteiger partial charge in [0.1, 0.15) is 18.1 Å². The lowest BCUT2D eigenvalue weighted by Crippen LogP contribution is -1.99. The van der Waals surface area contributed by atoms with Gasteiger partial charge in [0.05, 0.1) is 18.2 Å². The molecule has 0 amide bonds. The molecule has 0 atom stereocenters. The molecule has 0 aliphatic carbocycles. The molecule has 0 aliphatic heterocycles. The van der Waals surface area contributed by atoms with E-state index in [1.165, 1.54) is 42.5 Å². The molecular formula is C25H30O6. The molecule has 2 N–H and O–H groups in total. The van der Waals surface area contributed by atoms with Crippen LogP contribution in [0.3, 0.4) is 0 Å². The van der Waals surface area contributed by atoms with Crippen LogP contribution >= 0.6 is 0 Å². The molecule has 0 aromatic heterocycles. The fourth-order valence-corrected chi connectivity index (χ4v) is 2.38. The summed E-state index contributed by atoms with van der Waals surface area (Å²) in [5.41, 5.74) is 3.34. The number of phenolic OH excluding ortho intramolecular Hbond substituents is 1. The van der Waals surface area contributed by atoms with Gasteiger partial charge in [-0.05, 0) is 88.2 Å². The number of ether oxygens (including phenoxy) is 2. The van der Waals surface area contributed by atoms with Gasteiger partial charge in [0, 0.05) is 0 Å². The van der Waals surface area contributed by atoms with Gasteiger partial charge in [0.25, 0.3) is 0 Å². The van der Waals surface area contributed by atoms with Crippen molar-refractivity contribution >= 4 is 11.9 Å². The first kappa shape index (κ1) is 25.5. The van der Waals surface area contributed by atoms with Crippen molar-refractivity contribution in [2.45, 2.75) is 33.6 Å².